The molecule has 0 atom stereocenters. The van der Waals surface area contributed by atoms with Gasteiger partial charge >= 0.3 is 12.4 Å². The Kier molecular flexibility index (Phi) is 14.6. The number of benzene rings is 2. The fraction of sp³-hybridized carbons (Fsp3) is 0.444. The quantitative estimate of drug-likeness (QED) is 0.344. The predicted molar refractivity (Wildman–Crippen MR) is 131 cm³/mol. The monoisotopic (exact) mass is 534 g/mol. The highest BCUT2D eigenvalue weighted by Gasteiger charge is 2.37. The number of amides is 1. The van der Waals surface area contributed by atoms with E-state index >= 15 is 0 Å². The number of piperidine rings is 1. The smallest absolute Gasteiger partial charge is 0.342 e. The van der Waals surface area contributed by atoms with Crippen molar-refractivity contribution in [3.05, 3.63) is 70.5 Å². The molecule has 37 heavy (non-hydrogen) atoms. The third-order valence-corrected chi connectivity index (χ3v) is 5.23. The first kappa shape index (κ1) is 33.9. The maximum absolute atomic E-state index is 12.9. The summed E-state index contributed by atoms with van der Waals surface area (Å²) in [5.74, 6) is -0.663. The number of terminal acetylenes is 1. The second-order valence-electron chi connectivity index (χ2n) is 7.88. The van der Waals surface area contributed by atoms with E-state index in [0.717, 1.165) is 5.56 Å². The third-order valence-electron chi connectivity index (χ3n) is 5.23. The van der Waals surface area contributed by atoms with Crippen LogP contribution in [0.4, 0.5) is 30.7 Å². The van der Waals surface area contributed by atoms with Crippen LogP contribution in [0.5, 0.6) is 0 Å². The Morgan fingerprint density at radius 2 is 1.43 bits per heavy atom. The van der Waals surface area contributed by atoms with Crippen LogP contribution in [0, 0.1) is 25.6 Å². The van der Waals surface area contributed by atoms with Gasteiger partial charge in [0.2, 0.25) is 5.91 Å². The molecule has 1 saturated heterocycles. The predicted octanol–water partition coefficient (Wildman–Crippen LogP) is 6.89. The number of alkyl halides is 6. The molecule has 1 amide bonds. The number of hydrogen-bond acceptors (Lipinski definition) is 2. The van der Waals surface area contributed by atoms with Crippen molar-refractivity contribution in [2.75, 3.05) is 20.1 Å². The van der Waals surface area contributed by atoms with Crippen LogP contribution in [0.2, 0.25) is 0 Å². The van der Waals surface area contributed by atoms with Gasteiger partial charge in [-0.25, -0.2) is 4.39 Å². The van der Waals surface area contributed by atoms with Crippen LogP contribution in [0.3, 0.4) is 0 Å². The van der Waals surface area contributed by atoms with Crippen LogP contribution in [0.15, 0.2) is 42.5 Å². The van der Waals surface area contributed by atoms with E-state index in [0.29, 0.717) is 38.1 Å². The summed E-state index contributed by atoms with van der Waals surface area (Å²) in [4.78, 5) is 13.7. The topological polar surface area (TPSA) is 32.3 Å². The summed E-state index contributed by atoms with van der Waals surface area (Å²) in [5, 5.41) is 3.12. The Bertz CT molecular complexity index is 929. The maximum Gasteiger partial charge on any atom is 0.416 e. The minimum atomic E-state index is -4.92. The zero-order valence-electron chi connectivity index (χ0n) is 21.3. The highest BCUT2D eigenvalue weighted by molar-refractivity contribution is 5.79. The van der Waals surface area contributed by atoms with Gasteiger partial charge in [-0.1, -0.05) is 26.0 Å². The Hall–Kier alpha value is -3.06. The lowest BCUT2D eigenvalue weighted by Gasteiger charge is -2.31. The number of nitrogens with one attached hydrogen (secondary N) is 1. The zero-order chi connectivity index (χ0) is 28.8. The number of rotatable bonds is 3. The third kappa shape index (κ3) is 12.2. The lowest BCUT2D eigenvalue weighted by atomic mass is 10.0. The molecule has 2 aromatic carbocycles. The Morgan fingerprint density at radius 3 is 1.81 bits per heavy atom. The Balaban J connectivity index is 0.000000900. The Labute approximate surface area is 214 Å². The summed E-state index contributed by atoms with van der Waals surface area (Å²) in [6, 6.07) is 7.69. The van der Waals surface area contributed by atoms with Crippen LogP contribution >= 0.6 is 0 Å². The molecule has 1 heterocycles. The van der Waals surface area contributed by atoms with Crippen LogP contribution in [0.25, 0.3) is 0 Å². The first-order chi connectivity index (χ1) is 17.3. The average molecular weight is 535 g/mol. The molecular weight excluding hydrogens is 501 g/mol. The SMILES string of the molecule is C#C.CC.CN(C(=O)Cc1cc(C(F)(F)F)cc(C(F)(F)F)c1)C1CCNCC1.Cc1cccc(F)c1. The van der Waals surface area contributed by atoms with Crippen LogP contribution < -0.4 is 5.32 Å². The molecule has 0 aromatic heterocycles. The van der Waals surface area contributed by atoms with Gasteiger partial charge in [0.05, 0.1) is 17.5 Å². The summed E-state index contributed by atoms with van der Waals surface area (Å²) in [6.45, 7) is 7.29. The molecule has 206 valence electrons. The molecule has 0 spiro atoms. The second kappa shape index (κ2) is 15.9. The summed E-state index contributed by atoms with van der Waals surface area (Å²) >= 11 is 0. The summed E-state index contributed by atoms with van der Waals surface area (Å²) < 4.78 is 89.3. The van der Waals surface area contributed by atoms with E-state index in [1.165, 1.54) is 24.1 Å². The number of aryl methyl sites for hydroxylation is 1. The van der Waals surface area contributed by atoms with Gasteiger partial charge in [-0.05, 0) is 74.3 Å². The molecule has 0 bridgehead atoms. The van der Waals surface area contributed by atoms with E-state index in [-0.39, 0.29) is 23.5 Å². The average Bonchev–Trinajstić information content (AvgIpc) is 2.85. The van der Waals surface area contributed by atoms with E-state index in [1.54, 1.807) is 6.07 Å². The van der Waals surface area contributed by atoms with E-state index in [9.17, 15) is 35.5 Å². The molecule has 1 aliphatic rings. The van der Waals surface area contributed by atoms with Gasteiger partial charge in [-0.15, -0.1) is 12.8 Å². The highest BCUT2D eigenvalue weighted by Crippen LogP contribution is 2.36. The first-order valence-corrected chi connectivity index (χ1v) is 11.6. The molecule has 3 rings (SSSR count). The van der Waals surface area contributed by atoms with Gasteiger partial charge < -0.3 is 10.2 Å². The van der Waals surface area contributed by atoms with Crippen LogP contribution in [-0.4, -0.2) is 37.0 Å². The largest absolute Gasteiger partial charge is 0.416 e. The maximum atomic E-state index is 12.9. The van der Waals surface area contributed by atoms with E-state index in [4.69, 9.17) is 0 Å². The summed E-state index contributed by atoms with van der Waals surface area (Å²) in [7, 11) is 1.52. The number of halogens is 7. The van der Waals surface area contributed by atoms with Gasteiger partial charge in [0.15, 0.2) is 0 Å². The molecule has 10 heteroatoms. The molecule has 2 aromatic rings. The molecule has 1 aliphatic heterocycles. The lowest BCUT2D eigenvalue weighted by molar-refractivity contribution is -0.143. The summed E-state index contributed by atoms with van der Waals surface area (Å²) in [6.07, 6.45) is -0.954. The number of carbonyl (C=O) groups excluding carboxylic acids is 1. The van der Waals surface area contributed by atoms with E-state index in [2.05, 4.69) is 18.2 Å². The van der Waals surface area contributed by atoms with E-state index < -0.39 is 35.8 Å². The van der Waals surface area contributed by atoms with Crippen molar-refractivity contribution in [3.8, 4) is 12.8 Å². The second-order valence-corrected chi connectivity index (χ2v) is 7.88. The first-order valence-electron chi connectivity index (χ1n) is 11.6. The van der Waals surface area contributed by atoms with Crippen LogP contribution in [0.1, 0.15) is 48.9 Å². The standard InChI is InChI=1S/C16H18F6N2O.C7H7F.C2H6.C2H2/c1-24(13-2-4-23-5-3-13)14(25)8-10-6-11(15(17,18)19)9-12(7-10)16(20,21)22;1-6-3-2-4-7(8)5-6;2*1-2/h6-7,9,13,23H,2-5,8H2,1H3;2-5H,1H3;1-2H3;1-2H. The van der Waals surface area contributed by atoms with Gasteiger partial charge in [0.25, 0.3) is 0 Å². The normalized spacial score (nSPS) is 13.5. The van der Waals surface area contributed by atoms with Gasteiger partial charge in [0.1, 0.15) is 5.82 Å². The van der Waals surface area contributed by atoms with Crippen molar-refractivity contribution in [2.45, 2.75) is 58.4 Å². The van der Waals surface area contributed by atoms with Crippen molar-refractivity contribution in [1.29, 1.82) is 0 Å². The van der Waals surface area contributed by atoms with Crippen molar-refractivity contribution in [3.63, 3.8) is 0 Å². The fourth-order valence-corrected chi connectivity index (χ4v) is 3.42. The molecule has 0 radical (unpaired) electrons. The van der Waals surface area contributed by atoms with Crippen molar-refractivity contribution < 1.29 is 35.5 Å². The molecular formula is C27H33F7N2O. The summed E-state index contributed by atoms with van der Waals surface area (Å²) in [5.41, 5.74) is -2.15. The molecule has 0 unspecified atom stereocenters. The molecule has 0 aliphatic carbocycles. The van der Waals surface area contributed by atoms with Crippen molar-refractivity contribution in [1.82, 2.24) is 10.2 Å². The number of carbonyl (C=O) groups is 1. The van der Waals surface area contributed by atoms with Gasteiger partial charge in [-0.3, -0.25) is 4.79 Å². The molecule has 3 nitrogen and oxygen atoms in total. The lowest BCUT2D eigenvalue weighted by Crippen LogP contribution is -2.44. The number of likely N-dealkylation sites (N-methyl/N-ethyl adjacent to an activating group) is 1. The fourth-order valence-electron chi connectivity index (χ4n) is 3.42. The van der Waals surface area contributed by atoms with E-state index in [1.807, 2.05) is 26.8 Å². The minimum Gasteiger partial charge on any atom is -0.342 e. The molecule has 1 N–H and O–H groups in total. The van der Waals surface area contributed by atoms with Gasteiger partial charge in [-0.2, -0.15) is 26.3 Å². The van der Waals surface area contributed by atoms with Crippen molar-refractivity contribution >= 4 is 5.91 Å². The molecule has 1 fully saturated rings. The zero-order valence-corrected chi connectivity index (χ0v) is 21.3. The van der Waals surface area contributed by atoms with Crippen molar-refractivity contribution in [2.24, 2.45) is 0 Å². The molecule has 0 saturated carbocycles. The number of hydrogen-bond donors (Lipinski definition) is 1. The minimum absolute atomic E-state index is 0.0600. The van der Waals surface area contributed by atoms with Gasteiger partial charge in [0, 0.05) is 13.1 Å². The highest BCUT2D eigenvalue weighted by atomic mass is 19.4. The van der Waals surface area contributed by atoms with Crippen LogP contribution in [-0.2, 0) is 23.6 Å². The number of nitrogens with zero attached hydrogens (tertiary/aromatic N) is 1. The Morgan fingerprint density at radius 1 is 0.946 bits per heavy atom.